The number of halogens is 2. The molecule has 1 N–H and O–H groups in total. The summed E-state index contributed by atoms with van der Waals surface area (Å²) >= 11 is 11.9. The lowest BCUT2D eigenvalue weighted by Gasteiger charge is -2.24. The van der Waals surface area contributed by atoms with Crippen LogP contribution in [0.1, 0.15) is 24.2 Å². The first-order chi connectivity index (χ1) is 10.1. The summed E-state index contributed by atoms with van der Waals surface area (Å²) in [5.41, 5.74) is 2.02. The van der Waals surface area contributed by atoms with Gasteiger partial charge in [-0.1, -0.05) is 66.5 Å². The van der Waals surface area contributed by atoms with Gasteiger partial charge in [-0.25, -0.2) is 0 Å². The SMILES string of the molecule is CCN(Cc1ccccc1)C[C@@H](O)c1ccc(Cl)c(Cl)c1. The monoisotopic (exact) mass is 323 g/mol. The molecule has 1 atom stereocenters. The predicted molar refractivity (Wildman–Crippen MR) is 88.8 cm³/mol. The highest BCUT2D eigenvalue weighted by Gasteiger charge is 2.14. The molecule has 0 spiro atoms. The van der Waals surface area contributed by atoms with E-state index in [4.69, 9.17) is 23.2 Å². The van der Waals surface area contributed by atoms with Crippen LogP contribution in [-0.4, -0.2) is 23.1 Å². The van der Waals surface area contributed by atoms with E-state index in [0.717, 1.165) is 18.7 Å². The fourth-order valence-corrected chi connectivity index (χ4v) is 2.52. The Hall–Kier alpha value is -1.06. The molecule has 0 radical (unpaired) electrons. The van der Waals surface area contributed by atoms with Crippen molar-refractivity contribution in [1.82, 2.24) is 4.90 Å². The Morgan fingerprint density at radius 1 is 1.05 bits per heavy atom. The second-order valence-corrected chi connectivity index (χ2v) is 5.82. The first-order valence-electron chi connectivity index (χ1n) is 6.99. The standard InChI is InChI=1S/C17H19Cl2NO/c1-2-20(11-13-6-4-3-5-7-13)12-17(21)14-8-9-15(18)16(19)10-14/h3-10,17,21H,2,11-12H2,1H3/t17-/m1/s1. The van der Waals surface area contributed by atoms with Crippen molar-refractivity contribution in [2.75, 3.05) is 13.1 Å². The van der Waals surface area contributed by atoms with Crippen molar-refractivity contribution in [3.63, 3.8) is 0 Å². The Labute approximate surface area is 135 Å². The highest BCUT2D eigenvalue weighted by atomic mass is 35.5. The molecule has 0 saturated heterocycles. The minimum atomic E-state index is -0.580. The first kappa shape index (κ1) is 16.3. The van der Waals surface area contributed by atoms with Gasteiger partial charge in [0.1, 0.15) is 0 Å². The van der Waals surface area contributed by atoms with Crippen molar-refractivity contribution in [2.24, 2.45) is 0 Å². The van der Waals surface area contributed by atoms with Crippen LogP contribution in [0.4, 0.5) is 0 Å². The van der Waals surface area contributed by atoms with Crippen molar-refractivity contribution in [1.29, 1.82) is 0 Å². The average Bonchev–Trinajstić information content (AvgIpc) is 2.50. The molecule has 0 amide bonds. The number of benzene rings is 2. The Bertz CT molecular complexity index is 574. The molecule has 112 valence electrons. The minimum Gasteiger partial charge on any atom is -0.387 e. The number of nitrogens with zero attached hydrogens (tertiary/aromatic N) is 1. The van der Waals surface area contributed by atoms with E-state index in [0.29, 0.717) is 16.6 Å². The van der Waals surface area contributed by atoms with Gasteiger partial charge < -0.3 is 5.11 Å². The fraction of sp³-hybridized carbons (Fsp3) is 0.294. The molecule has 0 aliphatic heterocycles. The summed E-state index contributed by atoms with van der Waals surface area (Å²) in [6, 6.07) is 15.5. The zero-order valence-corrected chi connectivity index (χ0v) is 13.5. The maximum Gasteiger partial charge on any atom is 0.0917 e. The van der Waals surface area contributed by atoms with Crippen molar-refractivity contribution < 1.29 is 5.11 Å². The Morgan fingerprint density at radius 2 is 1.76 bits per heavy atom. The predicted octanol–water partition coefficient (Wildman–Crippen LogP) is 4.55. The van der Waals surface area contributed by atoms with Crippen LogP contribution in [0.3, 0.4) is 0 Å². The van der Waals surface area contributed by atoms with E-state index in [1.807, 2.05) is 24.3 Å². The van der Waals surface area contributed by atoms with Crippen LogP contribution in [0.5, 0.6) is 0 Å². The molecule has 4 heteroatoms. The number of likely N-dealkylation sites (N-methyl/N-ethyl adjacent to an activating group) is 1. The topological polar surface area (TPSA) is 23.5 Å². The molecule has 0 aliphatic rings. The van der Waals surface area contributed by atoms with Gasteiger partial charge >= 0.3 is 0 Å². The molecule has 0 bridgehead atoms. The summed E-state index contributed by atoms with van der Waals surface area (Å²) in [4.78, 5) is 2.20. The number of hydrogen-bond acceptors (Lipinski definition) is 2. The summed E-state index contributed by atoms with van der Waals surface area (Å²) in [6.07, 6.45) is -0.580. The third kappa shape index (κ3) is 4.72. The lowest BCUT2D eigenvalue weighted by Crippen LogP contribution is -2.28. The zero-order valence-electron chi connectivity index (χ0n) is 12.0. The Kier molecular flexibility index (Phi) is 6.07. The molecule has 0 heterocycles. The molecule has 2 rings (SSSR count). The maximum absolute atomic E-state index is 10.4. The van der Waals surface area contributed by atoms with Gasteiger partial charge in [-0.2, -0.15) is 0 Å². The molecule has 2 nitrogen and oxygen atoms in total. The van der Waals surface area contributed by atoms with Gasteiger partial charge in [0.05, 0.1) is 16.1 Å². The van der Waals surface area contributed by atoms with E-state index >= 15 is 0 Å². The fourth-order valence-electron chi connectivity index (χ4n) is 2.22. The van der Waals surface area contributed by atoms with Crippen LogP contribution in [0, 0.1) is 0 Å². The summed E-state index contributed by atoms with van der Waals surface area (Å²) < 4.78 is 0. The van der Waals surface area contributed by atoms with Crippen molar-refractivity contribution in [2.45, 2.75) is 19.6 Å². The lowest BCUT2D eigenvalue weighted by molar-refractivity contribution is 0.112. The van der Waals surface area contributed by atoms with Crippen LogP contribution in [-0.2, 0) is 6.54 Å². The van der Waals surface area contributed by atoms with Gasteiger partial charge in [0.15, 0.2) is 0 Å². The number of rotatable bonds is 6. The van der Waals surface area contributed by atoms with Crippen molar-refractivity contribution >= 4 is 23.2 Å². The van der Waals surface area contributed by atoms with E-state index < -0.39 is 6.10 Å². The smallest absolute Gasteiger partial charge is 0.0917 e. The zero-order chi connectivity index (χ0) is 15.2. The van der Waals surface area contributed by atoms with Gasteiger partial charge in [-0.15, -0.1) is 0 Å². The van der Waals surface area contributed by atoms with Crippen molar-refractivity contribution in [3.05, 3.63) is 69.7 Å². The molecule has 2 aromatic carbocycles. The minimum absolute atomic E-state index is 0.472. The van der Waals surface area contributed by atoms with Gasteiger partial charge in [-0.05, 0) is 29.8 Å². The quantitative estimate of drug-likeness (QED) is 0.843. The molecule has 0 fully saturated rings. The van der Waals surface area contributed by atoms with Gasteiger partial charge in [0.25, 0.3) is 0 Å². The molecule has 0 aliphatic carbocycles. The highest BCUT2D eigenvalue weighted by molar-refractivity contribution is 6.42. The largest absolute Gasteiger partial charge is 0.387 e. The van der Waals surface area contributed by atoms with E-state index in [1.54, 1.807) is 12.1 Å². The third-order valence-electron chi connectivity index (χ3n) is 3.46. The van der Waals surface area contributed by atoms with Gasteiger partial charge in [0.2, 0.25) is 0 Å². The van der Waals surface area contributed by atoms with Gasteiger partial charge in [0, 0.05) is 13.1 Å². The molecule has 0 unspecified atom stereocenters. The van der Waals surface area contributed by atoms with Crippen LogP contribution in [0.2, 0.25) is 10.0 Å². The van der Waals surface area contributed by atoms with E-state index in [9.17, 15) is 5.11 Å². The highest BCUT2D eigenvalue weighted by Crippen LogP contribution is 2.26. The second-order valence-electron chi connectivity index (χ2n) is 5.00. The summed E-state index contributed by atoms with van der Waals surface area (Å²) in [5, 5.41) is 11.3. The van der Waals surface area contributed by atoms with E-state index in [2.05, 4.69) is 24.0 Å². The number of hydrogen-bond donors (Lipinski definition) is 1. The summed E-state index contributed by atoms with van der Waals surface area (Å²) in [6.45, 7) is 4.33. The Morgan fingerprint density at radius 3 is 2.38 bits per heavy atom. The van der Waals surface area contributed by atoms with E-state index in [-0.39, 0.29) is 0 Å². The van der Waals surface area contributed by atoms with Crippen molar-refractivity contribution in [3.8, 4) is 0 Å². The summed E-state index contributed by atoms with van der Waals surface area (Å²) in [5.74, 6) is 0. The molecule has 0 saturated carbocycles. The lowest BCUT2D eigenvalue weighted by atomic mass is 10.1. The van der Waals surface area contributed by atoms with Crippen LogP contribution in [0.15, 0.2) is 48.5 Å². The Balaban J connectivity index is 2.02. The van der Waals surface area contributed by atoms with E-state index in [1.165, 1.54) is 5.56 Å². The van der Waals surface area contributed by atoms with Gasteiger partial charge in [-0.3, -0.25) is 4.90 Å². The van der Waals surface area contributed by atoms with Crippen LogP contribution in [0.25, 0.3) is 0 Å². The molecular weight excluding hydrogens is 305 g/mol. The second kappa shape index (κ2) is 7.81. The summed E-state index contributed by atoms with van der Waals surface area (Å²) in [7, 11) is 0. The average molecular weight is 324 g/mol. The normalized spacial score (nSPS) is 12.6. The molecule has 21 heavy (non-hydrogen) atoms. The van der Waals surface area contributed by atoms with Crippen LogP contribution >= 0.6 is 23.2 Å². The first-order valence-corrected chi connectivity index (χ1v) is 7.75. The third-order valence-corrected chi connectivity index (χ3v) is 4.19. The number of aliphatic hydroxyl groups is 1. The number of aliphatic hydroxyl groups excluding tert-OH is 1. The maximum atomic E-state index is 10.4. The molecule has 0 aromatic heterocycles. The molecule has 2 aromatic rings. The van der Waals surface area contributed by atoms with Crippen LogP contribution < -0.4 is 0 Å². The molecular formula is C17H19Cl2NO.